The minimum Gasteiger partial charge on any atom is -0.350 e. The van der Waals surface area contributed by atoms with Gasteiger partial charge in [0.25, 0.3) is 0 Å². The van der Waals surface area contributed by atoms with Crippen LogP contribution in [0, 0.1) is 11.3 Å². The van der Waals surface area contributed by atoms with Gasteiger partial charge in [0.05, 0.1) is 11.6 Å². The molecule has 0 radical (unpaired) electrons. The molecule has 1 aromatic carbocycles. The van der Waals surface area contributed by atoms with Crippen molar-refractivity contribution in [2.24, 2.45) is 0 Å². The first-order chi connectivity index (χ1) is 9.71. The molecule has 104 valence electrons. The van der Waals surface area contributed by atoms with E-state index in [1.165, 1.54) is 6.08 Å². The number of carbonyl (C=O) groups excluding carboxylic acids is 1. The number of nitrogens with one attached hydrogen (secondary N) is 1. The van der Waals surface area contributed by atoms with Crippen LogP contribution >= 0.6 is 0 Å². The van der Waals surface area contributed by atoms with Crippen LogP contribution in [0.3, 0.4) is 0 Å². The van der Waals surface area contributed by atoms with Crippen LogP contribution in [-0.2, 0) is 11.3 Å². The van der Waals surface area contributed by atoms with Gasteiger partial charge in [-0.15, -0.1) is 0 Å². The van der Waals surface area contributed by atoms with E-state index in [9.17, 15) is 4.79 Å². The van der Waals surface area contributed by atoms with Crippen molar-refractivity contribution in [2.75, 3.05) is 13.1 Å². The molecule has 0 aromatic heterocycles. The number of piperidine rings is 1. The Balaban J connectivity index is 1.83. The van der Waals surface area contributed by atoms with E-state index in [4.69, 9.17) is 5.26 Å². The lowest BCUT2D eigenvalue weighted by molar-refractivity contribution is -0.117. The molecule has 4 heteroatoms. The summed E-state index contributed by atoms with van der Waals surface area (Å²) in [5, 5.41) is 11.8. The van der Waals surface area contributed by atoms with E-state index < -0.39 is 0 Å². The number of benzene rings is 1. The number of likely N-dealkylation sites (tertiary alicyclic amines) is 1. The molecule has 2 rings (SSSR count). The molecule has 1 aromatic rings. The summed E-state index contributed by atoms with van der Waals surface area (Å²) in [5.74, 6) is -0.0924. The molecule has 1 saturated heterocycles. The van der Waals surface area contributed by atoms with Gasteiger partial charge < -0.3 is 5.32 Å². The summed E-state index contributed by atoms with van der Waals surface area (Å²) in [6.45, 7) is 6.24. The monoisotopic (exact) mass is 269 g/mol. The number of nitriles is 1. The van der Waals surface area contributed by atoms with Gasteiger partial charge in [-0.3, -0.25) is 9.69 Å². The van der Waals surface area contributed by atoms with Gasteiger partial charge in [-0.05, 0) is 36.6 Å². The van der Waals surface area contributed by atoms with Crippen LogP contribution in [0.1, 0.15) is 24.0 Å². The van der Waals surface area contributed by atoms with E-state index in [-0.39, 0.29) is 11.9 Å². The van der Waals surface area contributed by atoms with Gasteiger partial charge >= 0.3 is 0 Å². The van der Waals surface area contributed by atoms with Crippen LogP contribution < -0.4 is 5.32 Å². The average Bonchev–Trinajstić information content (AvgIpc) is 2.49. The second kappa shape index (κ2) is 6.88. The Kier molecular flexibility index (Phi) is 4.91. The van der Waals surface area contributed by atoms with E-state index in [1.54, 1.807) is 0 Å². The van der Waals surface area contributed by atoms with Crippen LogP contribution in [0.2, 0.25) is 0 Å². The molecule has 0 aliphatic carbocycles. The molecular formula is C16H19N3O. The van der Waals surface area contributed by atoms with Crippen molar-refractivity contribution >= 4 is 5.91 Å². The van der Waals surface area contributed by atoms with Crippen molar-refractivity contribution in [2.45, 2.75) is 25.4 Å². The summed E-state index contributed by atoms with van der Waals surface area (Å²) in [4.78, 5) is 13.6. The van der Waals surface area contributed by atoms with Crippen LogP contribution in [0.4, 0.5) is 0 Å². The van der Waals surface area contributed by atoms with Gasteiger partial charge in [-0.2, -0.15) is 5.26 Å². The van der Waals surface area contributed by atoms with Crippen LogP contribution in [-0.4, -0.2) is 29.9 Å². The van der Waals surface area contributed by atoms with Gasteiger partial charge in [0.15, 0.2) is 0 Å². The average molecular weight is 269 g/mol. The molecule has 1 N–H and O–H groups in total. The maximum absolute atomic E-state index is 11.2. The van der Waals surface area contributed by atoms with Gasteiger partial charge in [0.2, 0.25) is 5.91 Å². The number of carbonyl (C=O) groups is 1. The molecule has 0 bridgehead atoms. The van der Waals surface area contributed by atoms with E-state index in [1.807, 2.05) is 24.3 Å². The fourth-order valence-electron chi connectivity index (χ4n) is 2.49. The summed E-state index contributed by atoms with van der Waals surface area (Å²) < 4.78 is 0. The number of hydrogen-bond donors (Lipinski definition) is 1. The maximum Gasteiger partial charge on any atom is 0.243 e. The molecule has 0 saturated carbocycles. The van der Waals surface area contributed by atoms with Crippen molar-refractivity contribution in [3.63, 3.8) is 0 Å². The highest BCUT2D eigenvalue weighted by Crippen LogP contribution is 2.14. The minimum atomic E-state index is -0.0924. The molecule has 0 atom stereocenters. The normalized spacial score (nSPS) is 16.4. The third-order valence-electron chi connectivity index (χ3n) is 3.58. The van der Waals surface area contributed by atoms with Crippen LogP contribution in [0.15, 0.2) is 36.9 Å². The SMILES string of the molecule is C=CC(=O)NC1CCN(Cc2cccc(C#N)c2)CC1. The summed E-state index contributed by atoms with van der Waals surface area (Å²) in [6.07, 6.45) is 3.23. The lowest BCUT2D eigenvalue weighted by atomic mass is 10.0. The van der Waals surface area contributed by atoms with E-state index in [0.717, 1.165) is 38.0 Å². The summed E-state index contributed by atoms with van der Waals surface area (Å²) >= 11 is 0. The van der Waals surface area contributed by atoms with Crippen molar-refractivity contribution in [1.29, 1.82) is 5.26 Å². The van der Waals surface area contributed by atoms with E-state index in [0.29, 0.717) is 5.56 Å². The molecule has 0 unspecified atom stereocenters. The molecule has 20 heavy (non-hydrogen) atoms. The maximum atomic E-state index is 11.2. The fourth-order valence-corrected chi connectivity index (χ4v) is 2.49. The Morgan fingerprint density at radius 1 is 1.50 bits per heavy atom. The summed E-state index contributed by atoms with van der Waals surface area (Å²) in [7, 11) is 0. The molecule has 0 spiro atoms. The third kappa shape index (κ3) is 3.94. The summed E-state index contributed by atoms with van der Waals surface area (Å²) in [6, 6.07) is 10.1. The highest BCUT2D eigenvalue weighted by Gasteiger charge is 2.19. The number of rotatable bonds is 4. The van der Waals surface area contributed by atoms with Crippen molar-refractivity contribution in [3.8, 4) is 6.07 Å². The second-order valence-corrected chi connectivity index (χ2v) is 5.08. The van der Waals surface area contributed by atoms with E-state index in [2.05, 4.69) is 22.9 Å². The first-order valence-electron chi connectivity index (χ1n) is 6.85. The quantitative estimate of drug-likeness (QED) is 0.848. The smallest absolute Gasteiger partial charge is 0.243 e. The van der Waals surface area contributed by atoms with Crippen molar-refractivity contribution in [3.05, 3.63) is 48.0 Å². The zero-order valence-electron chi connectivity index (χ0n) is 11.5. The number of nitrogens with zero attached hydrogens (tertiary/aromatic N) is 2. The van der Waals surface area contributed by atoms with E-state index >= 15 is 0 Å². The predicted molar refractivity (Wildman–Crippen MR) is 77.8 cm³/mol. The van der Waals surface area contributed by atoms with Gasteiger partial charge in [-0.25, -0.2) is 0 Å². The standard InChI is InChI=1S/C16H19N3O/c1-2-16(20)18-15-6-8-19(9-7-15)12-14-5-3-4-13(10-14)11-17/h2-5,10,15H,1,6-9,12H2,(H,18,20). The summed E-state index contributed by atoms with van der Waals surface area (Å²) in [5.41, 5.74) is 1.87. The van der Waals surface area contributed by atoms with Crippen molar-refractivity contribution < 1.29 is 4.79 Å². The molecule has 1 fully saturated rings. The zero-order valence-corrected chi connectivity index (χ0v) is 11.5. The lowest BCUT2D eigenvalue weighted by Gasteiger charge is -2.32. The molecule has 1 aliphatic heterocycles. The van der Waals surface area contributed by atoms with Crippen LogP contribution in [0.5, 0.6) is 0 Å². The highest BCUT2D eigenvalue weighted by molar-refractivity contribution is 5.87. The molecule has 1 heterocycles. The number of hydrogen-bond acceptors (Lipinski definition) is 3. The molecule has 4 nitrogen and oxygen atoms in total. The van der Waals surface area contributed by atoms with Gasteiger partial charge in [0.1, 0.15) is 0 Å². The number of amides is 1. The predicted octanol–water partition coefficient (Wildman–Crippen LogP) is 1.82. The topological polar surface area (TPSA) is 56.1 Å². The highest BCUT2D eigenvalue weighted by atomic mass is 16.1. The second-order valence-electron chi connectivity index (χ2n) is 5.08. The van der Waals surface area contributed by atoms with Crippen molar-refractivity contribution in [1.82, 2.24) is 10.2 Å². The first-order valence-corrected chi connectivity index (χ1v) is 6.85. The lowest BCUT2D eigenvalue weighted by Crippen LogP contribution is -2.43. The van der Waals surface area contributed by atoms with Crippen LogP contribution in [0.25, 0.3) is 0 Å². The molecule has 1 aliphatic rings. The Bertz CT molecular complexity index is 525. The Morgan fingerprint density at radius 2 is 2.25 bits per heavy atom. The first kappa shape index (κ1) is 14.3. The van der Waals surface area contributed by atoms with Gasteiger partial charge in [-0.1, -0.05) is 18.7 Å². The Labute approximate surface area is 119 Å². The Hall–Kier alpha value is -2.12. The van der Waals surface area contributed by atoms with Gasteiger partial charge in [0, 0.05) is 25.7 Å². The Morgan fingerprint density at radius 3 is 2.90 bits per heavy atom. The molecule has 1 amide bonds. The fraction of sp³-hybridized carbons (Fsp3) is 0.375. The zero-order chi connectivity index (χ0) is 14.4. The minimum absolute atomic E-state index is 0.0924. The molecular weight excluding hydrogens is 250 g/mol. The largest absolute Gasteiger partial charge is 0.350 e. The third-order valence-corrected chi connectivity index (χ3v) is 3.58.